The molecule has 5 heteroatoms. The zero-order valence-electron chi connectivity index (χ0n) is 9.03. The van der Waals surface area contributed by atoms with Gasteiger partial charge in [0.1, 0.15) is 19.6 Å². The molecule has 0 atom stereocenters. The number of likely N-dealkylation sites (tertiary alicyclic amines) is 1. The summed E-state index contributed by atoms with van der Waals surface area (Å²) in [5, 5.41) is 0. The average molecular weight is 222 g/mol. The molecular formula is C9H20NO3S+. The van der Waals surface area contributed by atoms with E-state index in [1.807, 2.05) is 0 Å². The molecule has 1 aliphatic rings. The third kappa shape index (κ3) is 3.55. The Hall–Kier alpha value is -0.130. The van der Waals surface area contributed by atoms with Crippen molar-refractivity contribution < 1.29 is 17.3 Å². The van der Waals surface area contributed by atoms with Crippen LogP contribution in [0.15, 0.2) is 0 Å². The largest absolute Gasteiger partial charge is 0.311 e. The van der Waals surface area contributed by atoms with Crippen molar-refractivity contribution in [1.29, 1.82) is 0 Å². The monoisotopic (exact) mass is 222 g/mol. The van der Waals surface area contributed by atoms with Crippen LogP contribution in [0.2, 0.25) is 0 Å². The molecule has 1 fully saturated rings. The van der Waals surface area contributed by atoms with Crippen LogP contribution in [0.1, 0.15) is 32.6 Å². The van der Waals surface area contributed by atoms with Crippen LogP contribution in [0, 0.1) is 0 Å². The van der Waals surface area contributed by atoms with Crippen molar-refractivity contribution >= 4 is 10.1 Å². The lowest BCUT2D eigenvalue weighted by molar-refractivity contribution is -1.08. The van der Waals surface area contributed by atoms with Gasteiger partial charge in [-0.25, -0.2) is 0 Å². The SMILES string of the molecule is CCC[N+]1(OS(C)(=O)=O)CCCCC1. The summed E-state index contributed by atoms with van der Waals surface area (Å²) in [6.07, 6.45) is 5.41. The summed E-state index contributed by atoms with van der Waals surface area (Å²) in [5.74, 6) is 0. The van der Waals surface area contributed by atoms with Gasteiger partial charge in [0.25, 0.3) is 0 Å². The van der Waals surface area contributed by atoms with Crippen molar-refractivity contribution in [3.63, 3.8) is 0 Å². The zero-order valence-corrected chi connectivity index (χ0v) is 9.85. The van der Waals surface area contributed by atoms with Gasteiger partial charge in [-0.2, -0.15) is 13.1 Å². The molecule has 1 heterocycles. The van der Waals surface area contributed by atoms with E-state index in [1.54, 1.807) is 0 Å². The molecule has 4 nitrogen and oxygen atoms in total. The Morgan fingerprint density at radius 2 is 1.79 bits per heavy atom. The van der Waals surface area contributed by atoms with Gasteiger partial charge in [0.15, 0.2) is 0 Å². The van der Waals surface area contributed by atoms with Crippen LogP contribution < -0.4 is 0 Å². The maximum absolute atomic E-state index is 11.1. The van der Waals surface area contributed by atoms with E-state index in [2.05, 4.69) is 6.92 Å². The van der Waals surface area contributed by atoms with Gasteiger partial charge in [0, 0.05) is 0 Å². The topological polar surface area (TPSA) is 43.4 Å². The highest BCUT2D eigenvalue weighted by atomic mass is 32.2. The van der Waals surface area contributed by atoms with Crippen LogP contribution in [-0.2, 0) is 14.4 Å². The van der Waals surface area contributed by atoms with Crippen molar-refractivity contribution in [2.75, 3.05) is 25.9 Å². The first-order valence-electron chi connectivity index (χ1n) is 5.25. The number of rotatable bonds is 4. The van der Waals surface area contributed by atoms with Gasteiger partial charge in [-0.1, -0.05) is 11.2 Å². The zero-order chi connectivity index (χ0) is 10.7. The highest BCUT2D eigenvalue weighted by molar-refractivity contribution is 7.85. The van der Waals surface area contributed by atoms with Gasteiger partial charge in [-0.05, 0) is 25.7 Å². The van der Waals surface area contributed by atoms with Gasteiger partial charge >= 0.3 is 10.1 Å². The van der Waals surface area contributed by atoms with E-state index in [9.17, 15) is 8.42 Å². The standard InChI is InChI=1S/C9H20NO3S/c1-3-7-10(13-14(2,11)12)8-5-4-6-9-10/h3-9H2,1-2H3/q+1. The number of piperidine rings is 1. The predicted octanol–water partition coefficient (Wildman–Crippen LogP) is 1.29. The maximum Gasteiger partial charge on any atom is 0.311 e. The van der Waals surface area contributed by atoms with E-state index in [-0.39, 0.29) is 0 Å². The van der Waals surface area contributed by atoms with E-state index in [0.717, 1.165) is 45.2 Å². The maximum atomic E-state index is 11.1. The summed E-state index contributed by atoms with van der Waals surface area (Å²) in [6.45, 7) is 4.52. The highest BCUT2D eigenvalue weighted by Crippen LogP contribution is 2.21. The molecule has 0 bridgehead atoms. The molecule has 84 valence electrons. The lowest BCUT2D eigenvalue weighted by Crippen LogP contribution is -2.52. The summed E-state index contributed by atoms with van der Waals surface area (Å²) >= 11 is 0. The third-order valence-corrected chi connectivity index (χ3v) is 3.14. The van der Waals surface area contributed by atoms with Crippen LogP contribution in [0.3, 0.4) is 0 Å². The molecule has 0 aliphatic carbocycles. The number of nitrogens with zero attached hydrogens (tertiary/aromatic N) is 1. The molecule has 0 radical (unpaired) electrons. The van der Waals surface area contributed by atoms with E-state index in [4.69, 9.17) is 4.28 Å². The smallest absolute Gasteiger partial charge is 0.195 e. The molecule has 0 aromatic rings. The molecule has 0 spiro atoms. The Morgan fingerprint density at radius 1 is 1.21 bits per heavy atom. The predicted molar refractivity (Wildman–Crippen MR) is 54.9 cm³/mol. The molecular weight excluding hydrogens is 202 g/mol. The minimum absolute atomic E-state index is 0.315. The summed E-state index contributed by atoms with van der Waals surface area (Å²) in [5.41, 5.74) is 0. The molecule has 14 heavy (non-hydrogen) atoms. The van der Waals surface area contributed by atoms with Crippen LogP contribution in [0.25, 0.3) is 0 Å². The minimum atomic E-state index is -3.33. The Bertz CT molecular complexity index is 262. The fourth-order valence-corrected chi connectivity index (χ4v) is 2.92. The lowest BCUT2D eigenvalue weighted by Gasteiger charge is -2.36. The first-order valence-corrected chi connectivity index (χ1v) is 7.06. The summed E-state index contributed by atoms with van der Waals surface area (Å²) in [7, 11) is -3.33. The van der Waals surface area contributed by atoms with E-state index < -0.39 is 10.1 Å². The molecule has 1 rings (SSSR count). The second-order valence-corrected chi connectivity index (χ2v) is 5.63. The minimum Gasteiger partial charge on any atom is -0.195 e. The van der Waals surface area contributed by atoms with Crippen LogP contribution in [0.4, 0.5) is 0 Å². The van der Waals surface area contributed by atoms with E-state index in [1.165, 1.54) is 6.42 Å². The lowest BCUT2D eigenvalue weighted by atomic mass is 10.1. The summed E-state index contributed by atoms with van der Waals surface area (Å²) in [4.78, 5) is 0. The van der Waals surface area contributed by atoms with Gasteiger partial charge in [-0.3, -0.25) is 0 Å². The second-order valence-electron chi connectivity index (χ2n) is 4.07. The average Bonchev–Trinajstić information content (AvgIpc) is 2.02. The van der Waals surface area contributed by atoms with Crippen LogP contribution >= 0.6 is 0 Å². The Labute approximate surface area is 86.5 Å². The molecule has 1 saturated heterocycles. The first kappa shape index (κ1) is 11.9. The van der Waals surface area contributed by atoms with Crippen molar-refractivity contribution in [3.8, 4) is 0 Å². The molecule has 0 amide bonds. The molecule has 0 aromatic carbocycles. The van der Waals surface area contributed by atoms with Crippen LogP contribution in [0.5, 0.6) is 0 Å². The Balaban J connectivity index is 2.70. The van der Waals surface area contributed by atoms with Crippen molar-refractivity contribution in [3.05, 3.63) is 0 Å². The summed E-state index contributed by atoms with van der Waals surface area (Å²) < 4.78 is 27.8. The quantitative estimate of drug-likeness (QED) is 0.673. The normalized spacial score (nSPS) is 22.1. The van der Waals surface area contributed by atoms with Crippen LogP contribution in [-0.4, -0.2) is 39.0 Å². The van der Waals surface area contributed by atoms with Gasteiger partial charge in [0.05, 0.1) is 6.26 Å². The van der Waals surface area contributed by atoms with E-state index in [0.29, 0.717) is 4.65 Å². The first-order chi connectivity index (χ1) is 6.47. The van der Waals surface area contributed by atoms with Gasteiger partial charge < -0.3 is 0 Å². The highest BCUT2D eigenvalue weighted by Gasteiger charge is 2.35. The Morgan fingerprint density at radius 3 is 2.21 bits per heavy atom. The number of hydroxylamine groups is 3. The third-order valence-electron chi connectivity index (χ3n) is 2.56. The number of hydrogen-bond acceptors (Lipinski definition) is 3. The summed E-state index contributed by atoms with van der Waals surface area (Å²) in [6, 6.07) is 0. The van der Waals surface area contributed by atoms with Gasteiger partial charge in [-0.15, -0.1) is 0 Å². The molecule has 0 unspecified atom stereocenters. The molecule has 0 N–H and O–H groups in total. The Kier molecular flexibility index (Phi) is 3.92. The fourth-order valence-electron chi connectivity index (χ4n) is 2.12. The molecule has 1 aliphatic heterocycles. The number of quaternary nitrogens is 1. The van der Waals surface area contributed by atoms with E-state index >= 15 is 0 Å². The molecule has 0 aromatic heterocycles. The van der Waals surface area contributed by atoms with Crippen molar-refractivity contribution in [2.45, 2.75) is 32.6 Å². The van der Waals surface area contributed by atoms with Crippen molar-refractivity contribution in [2.24, 2.45) is 0 Å². The molecule has 0 saturated carbocycles. The second kappa shape index (κ2) is 4.59. The fraction of sp³-hybridized carbons (Fsp3) is 1.00. The van der Waals surface area contributed by atoms with Gasteiger partial charge in [0.2, 0.25) is 0 Å². The number of hydrogen-bond donors (Lipinski definition) is 0. The van der Waals surface area contributed by atoms with Crippen molar-refractivity contribution in [1.82, 2.24) is 0 Å².